The predicted octanol–water partition coefficient (Wildman–Crippen LogP) is 2.47. The van der Waals surface area contributed by atoms with E-state index in [2.05, 4.69) is 10.6 Å². The van der Waals surface area contributed by atoms with Crippen molar-refractivity contribution in [3.8, 4) is 5.75 Å². The van der Waals surface area contributed by atoms with Crippen molar-refractivity contribution in [1.29, 1.82) is 0 Å². The number of ether oxygens (including phenoxy) is 1. The Morgan fingerprint density at radius 1 is 1.27 bits per heavy atom. The number of hydrogen-bond donors (Lipinski definition) is 2. The second kappa shape index (κ2) is 5.48. The van der Waals surface area contributed by atoms with Gasteiger partial charge in [0.25, 0.3) is 17.9 Å². The molecule has 2 amide bonds. The Kier molecular flexibility index (Phi) is 3.50. The van der Waals surface area contributed by atoms with Crippen LogP contribution in [0.1, 0.15) is 5.56 Å². The van der Waals surface area contributed by atoms with Crippen LogP contribution in [0.3, 0.4) is 0 Å². The van der Waals surface area contributed by atoms with E-state index >= 15 is 0 Å². The van der Waals surface area contributed by atoms with E-state index < -0.39 is 23.7 Å². The molecule has 5 nitrogen and oxygen atoms in total. The van der Waals surface area contributed by atoms with Crippen molar-refractivity contribution in [2.24, 2.45) is 0 Å². The molecule has 0 saturated carbocycles. The normalized spacial score (nSPS) is 16.3. The monoisotopic (exact) mass is 300 g/mol. The molecule has 2 aromatic rings. The SMILES string of the molecule is Cc1ccc2c(c1)NC(=O)C(C(=O)Nc1cccc(F)c1)O2. The third kappa shape index (κ3) is 2.76. The van der Waals surface area contributed by atoms with Crippen LogP contribution in [0.4, 0.5) is 15.8 Å². The first-order valence-corrected chi connectivity index (χ1v) is 6.67. The molecule has 3 rings (SSSR count). The highest BCUT2D eigenvalue weighted by Gasteiger charge is 2.34. The van der Waals surface area contributed by atoms with Crippen LogP contribution in [0.25, 0.3) is 0 Å². The summed E-state index contributed by atoms with van der Waals surface area (Å²) in [6.45, 7) is 1.88. The van der Waals surface area contributed by atoms with E-state index in [0.29, 0.717) is 11.4 Å². The van der Waals surface area contributed by atoms with Gasteiger partial charge in [-0.25, -0.2) is 4.39 Å². The Morgan fingerprint density at radius 3 is 2.86 bits per heavy atom. The lowest BCUT2D eigenvalue weighted by Gasteiger charge is -2.25. The molecule has 22 heavy (non-hydrogen) atoms. The molecule has 0 saturated heterocycles. The van der Waals surface area contributed by atoms with E-state index in [1.54, 1.807) is 12.1 Å². The summed E-state index contributed by atoms with van der Waals surface area (Å²) in [5, 5.41) is 5.09. The van der Waals surface area contributed by atoms with Crippen molar-refractivity contribution in [2.75, 3.05) is 10.6 Å². The molecular formula is C16H13FN2O3. The van der Waals surface area contributed by atoms with Gasteiger partial charge in [-0.15, -0.1) is 0 Å². The summed E-state index contributed by atoms with van der Waals surface area (Å²) in [5.74, 6) is -1.28. The number of hydrogen-bond acceptors (Lipinski definition) is 3. The van der Waals surface area contributed by atoms with E-state index in [4.69, 9.17) is 4.74 Å². The zero-order valence-corrected chi connectivity index (χ0v) is 11.7. The molecule has 0 aliphatic carbocycles. The van der Waals surface area contributed by atoms with E-state index in [0.717, 1.165) is 11.6 Å². The quantitative estimate of drug-likeness (QED) is 0.837. The molecule has 2 aromatic carbocycles. The molecule has 0 bridgehead atoms. The Labute approximate surface area is 126 Å². The molecule has 112 valence electrons. The molecule has 0 aromatic heterocycles. The van der Waals surface area contributed by atoms with Gasteiger partial charge in [0, 0.05) is 5.69 Å². The third-order valence-electron chi connectivity index (χ3n) is 3.21. The van der Waals surface area contributed by atoms with Crippen molar-refractivity contribution in [1.82, 2.24) is 0 Å². The molecule has 1 unspecified atom stereocenters. The largest absolute Gasteiger partial charge is 0.468 e. The summed E-state index contributed by atoms with van der Waals surface area (Å²) in [6, 6.07) is 10.7. The van der Waals surface area contributed by atoms with Gasteiger partial charge in [0.05, 0.1) is 5.69 Å². The lowest BCUT2D eigenvalue weighted by molar-refractivity contribution is -0.133. The summed E-state index contributed by atoms with van der Waals surface area (Å²) in [4.78, 5) is 24.1. The number of amides is 2. The highest BCUT2D eigenvalue weighted by Crippen LogP contribution is 2.30. The van der Waals surface area contributed by atoms with Gasteiger partial charge in [0.1, 0.15) is 11.6 Å². The van der Waals surface area contributed by atoms with Gasteiger partial charge in [-0.1, -0.05) is 12.1 Å². The van der Waals surface area contributed by atoms with Crippen molar-refractivity contribution >= 4 is 23.2 Å². The smallest absolute Gasteiger partial charge is 0.275 e. The number of carbonyl (C=O) groups is 2. The Balaban J connectivity index is 1.79. The molecule has 1 atom stereocenters. The van der Waals surface area contributed by atoms with Gasteiger partial charge >= 0.3 is 0 Å². The average molecular weight is 300 g/mol. The summed E-state index contributed by atoms with van der Waals surface area (Å²) in [7, 11) is 0. The Bertz CT molecular complexity index is 761. The van der Waals surface area contributed by atoms with Crippen molar-refractivity contribution in [3.63, 3.8) is 0 Å². The number of anilines is 2. The number of rotatable bonds is 2. The lowest BCUT2D eigenvalue weighted by atomic mass is 10.1. The molecular weight excluding hydrogens is 287 g/mol. The van der Waals surface area contributed by atoms with Crippen LogP contribution in [0.15, 0.2) is 42.5 Å². The van der Waals surface area contributed by atoms with Crippen LogP contribution in [0.2, 0.25) is 0 Å². The summed E-state index contributed by atoms with van der Waals surface area (Å²) in [6.07, 6.45) is -1.32. The number of aryl methyl sites for hydroxylation is 1. The fraction of sp³-hybridized carbons (Fsp3) is 0.125. The number of halogens is 1. The van der Waals surface area contributed by atoms with Crippen molar-refractivity contribution < 1.29 is 18.7 Å². The molecule has 1 heterocycles. The van der Waals surface area contributed by atoms with Crippen LogP contribution in [-0.4, -0.2) is 17.9 Å². The molecule has 0 fully saturated rings. The molecule has 2 N–H and O–H groups in total. The standard InChI is InChI=1S/C16H13FN2O3/c1-9-5-6-13-12(7-9)19-16(21)14(22-13)15(20)18-11-4-2-3-10(17)8-11/h2-8,14H,1H3,(H,18,20)(H,19,21). The molecule has 6 heteroatoms. The lowest BCUT2D eigenvalue weighted by Crippen LogP contribution is -2.45. The average Bonchev–Trinajstić information content (AvgIpc) is 2.46. The van der Waals surface area contributed by atoms with Gasteiger partial charge in [-0.3, -0.25) is 9.59 Å². The minimum absolute atomic E-state index is 0.260. The second-order valence-electron chi connectivity index (χ2n) is 4.99. The minimum atomic E-state index is -1.32. The number of carbonyl (C=O) groups excluding carboxylic acids is 2. The third-order valence-corrected chi connectivity index (χ3v) is 3.21. The highest BCUT2D eigenvalue weighted by molar-refractivity contribution is 6.15. The topological polar surface area (TPSA) is 67.4 Å². The summed E-state index contributed by atoms with van der Waals surface area (Å²) in [5.41, 5.74) is 1.75. The highest BCUT2D eigenvalue weighted by atomic mass is 19.1. The van der Waals surface area contributed by atoms with Crippen LogP contribution in [0.5, 0.6) is 5.75 Å². The summed E-state index contributed by atoms with van der Waals surface area (Å²) < 4.78 is 18.6. The van der Waals surface area contributed by atoms with E-state index in [1.165, 1.54) is 18.2 Å². The number of fused-ring (bicyclic) bond motifs is 1. The van der Waals surface area contributed by atoms with Crippen molar-refractivity contribution in [3.05, 3.63) is 53.8 Å². The summed E-state index contributed by atoms with van der Waals surface area (Å²) >= 11 is 0. The van der Waals surface area contributed by atoms with Crippen LogP contribution in [-0.2, 0) is 9.59 Å². The second-order valence-corrected chi connectivity index (χ2v) is 4.99. The first-order chi connectivity index (χ1) is 10.5. The minimum Gasteiger partial charge on any atom is -0.468 e. The zero-order valence-electron chi connectivity index (χ0n) is 11.7. The van der Waals surface area contributed by atoms with Gasteiger partial charge in [0.15, 0.2) is 0 Å². The maximum Gasteiger partial charge on any atom is 0.275 e. The van der Waals surface area contributed by atoms with Crippen LogP contribution >= 0.6 is 0 Å². The molecule has 1 aliphatic rings. The Hall–Kier alpha value is -2.89. The van der Waals surface area contributed by atoms with Crippen LogP contribution in [0, 0.1) is 12.7 Å². The Morgan fingerprint density at radius 2 is 2.09 bits per heavy atom. The maximum atomic E-state index is 13.1. The van der Waals surface area contributed by atoms with Gasteiger partial charge in [-0.05, 0) is 42.8 Å². The van der Waals surface area contributed by atoms with Crippen molar-refractivity contribution in [2.45, 2.75) is 13.0 Å². The van der Waals surface area contributed by atoms with Gasteiger partial charge in [0.2, 0.25) is 0 Å². The molecule has 0 radical (unpaired) electrons. The first-order valence-electron chi connectivity index (χ1n) is 6.67. The van der Waals surface area contributed by atoms with Gasteiger partial charge < -0.3 is 15.4 Å². The van der Waals surface area contributed by atoms with E-state index in [-0.39, 0.29) is 5.69 Å². The zero-order chi connectivity index (χ0) is 15.7. The number of nitrogens with one attached hydrogen (secondary N) is 2. The van der Waals surface area contributed by atoms with Crippen LogP contribution < -0.4 is 15.4 Å². The molecule has 1 aliphatic heterocycles. The number of benzene rings is 2. The first kappa shape index (κ1) is 14.1. The predicted molar refractivity (Wildman–Crippen MR) is 79.3 cm³/mol. The maximum absolute atomic E-state index is 13.1. The fourth-order valence-electron chi connectivity index (χ4n) is 2.17. The molecule has 0 spiro atoms. The van der Waals surface area contributed by atoms with E-state index in [1.807, 2.05) is 13.0 Å². The fourth-order valence-corrected chi connectivity index (χ4v) is 2.17. The van der Waals surface area contributed by atoms with E-state index in [9.17, 15) is 14.0 Å². The van der Waals surface area contributed by atoms with Gasteiger partial charge in [-0.2, -0.15) is 0 Å².